The van der Waals surface area contributed by atoms with E-state index in [1.165, 1.54) is 18.6 Å². The van der Waals surface area contributed by atoms with Gasteiger partial charge in [-0.25, -0.2) is 0 Å². The number of benzene rings is 1. The molecule has 0 amide bonds. The quantitative estimate of drug-likeness (QED) is 0.810. The van der Waals surface area contributed by atoms with E-state index in [4.69, 9.17) is 0 Å². The fraction of sp³-hybridized carbons (Fsp3) is 0.647. The van der Waals surface area contributed by atoms with Crippen LogP contribution in [0.15, 0.2) is 24.3 Å². The van der Waals surface area contributed by atoms with Crippen LogP contribution in [0.3, 0.4) is 0 Å². The predicted octanol–water partition coefficient (Wildman–Crippen LogP) is 5.18. The lowest BCUT2D eigenvalue weighted by molar-refractivity contribution is -0.138. The fourth-order valence-corrected chi connectivity index (χ4v) is 3.74. The van der Waals surface area contributed by atoms with E-state index in [2.05, 4.69) is 19.2 Å². The molecule has 1 N–H and O–H groups in total. The smallest absolute Gasteiger partial charge is 0.313 e. The molecule has 1 aliphatic rings. The van der Waals surface area contributed by atoms with E-state index >= 15 is 0 Å². The highest BCUT2D eigenvalue weighted by molar-refractivity contribution is 5.33. The molecule has 0 bridgehead atoms. The standard InChI is InChI=1S/C17H24F3N/c1-16(2)11-7-6-10-14(16)15(21-3)12-8-4-5-9-13(12)17(18,19)20/h4-5,8-9,14-15,21H,6-7,10-11H2,1-3H3. The molecule has 2 rings (SSSR count). The molecule has 0 heterocycles. The highest BCUT2D eigenvalue weighted by Gasteiger charge is 2.41. The SMILES string of the molecule is CNC(c1ccccc1C(F)(F)F)C1CCCCC1(C)C. The minimum absolute atomic E-state index is 0.0602. The fourth-order valence-electron chi connectivity index (χ4n) is 3.74. The van der Waals surface area contributed by atoms with Gasteiger partial charge in [0.25, 0.3) is 0 Å². The summed E-state index contributed by atoms with van der Waals surface area (Å²) in [5.74, 6) is 0.222. The third-order valence-electron chi connectivity index (χ3n) is 4.90. The Morgan fingerprint density at radius 2 is 1.86 bits per heavy atom. The first-order chi connectivity index (χ1) is 9.77. The van der Waals surface area contributed by atoms with Gasteiger partial charge in [0.2, 0.25) is 0 Å². The maximum atomic E-state index is 13.3. The molecule has 4 heteroatoms. The molecular weight excluding hydrogens is 275 g/mol. The van der Waals surface area contributed by atoms with E-state index in [1.807, 2.05) is 0 Å². The normalized spacial score (nSPS) is 23.8. The summed E-state index contributed by atoms with van der Waals surface area (Å²) < 4.78 is 39.8. The zero-order valence-electron chi connectivity index (χ0n) is 12.9. The molecular formula is C17H24F3N. The van der Waals surface area contributed by atoms with Crippen LogP contribution in [-0.4, -0.2) is 7.05 Å². The molecule has 2 unspecified atom stereocenters. The van der Waals surface area contributed by atoms with Crippen molar-refractivity contribution in [2.75, 3.05) is 7.05 Å². The average Bonchev–Trinajstić information content (AvgIpc) is 2.40. The maximum absolute atomic E-state index is 13.3. The highest BCUT2D eigenvalue weighted by atomic mass is 19.4. The summed E-state index contributed by atoms with van der Waals surface area (Å²) in [5.41, 5.74) is -0.0665. The third-order valence-corrected chi connectivity index (χ3v) is 4.90. The van der Waals surface area contributed by atoms with Gasteiger partial charge in [0.05, 0.1) is 5.56 Å². The lowest BCUT2D eigenvalue weighted by atomic mass is 9.64. The number of halogens is 3. The second kappa shape index (κ2) is 5.99. The van der Waals surface area contributed by atoms with Gasteiger partial charge in [0.1, 0.15) is 0 Å². The monoisotopic (exact) mass is 299 g/mol. The lowest BCUT2D eigenvalue weighted by Gasteiger charge is -2.44. The van der Waals surface area contributed by atoms with E-state index in [0.29, 0.717) is 5.56 Å². The molecule has 1 nitrogen and oxygen atoms in total. The van der Waals surface area contributed by atoms with Gasteiger partial charge in [-0.1, -0.05) is 44.9 Å². The van der Waals surface area contributed by atoms with Crippen LogP contribution in [0.4, 0.5) is 13.2 Å². The summed E-state index contributed by atoms with van der Waals surface area (Å²) in [6.07, 6.45) is 0.0144. The Hall–Kier alpha value is -1.03. The van der Waals surface area contributed by atoms with Crippen molar-refractivity contribution in [3.05, 3.63) is 35.4 Å². The predicted molar refractivity (Wildman–Crippen MR) is 79.0 cm³/mol. The van der Waals surface area contributed by atoms with Crippen LogP contribution in [0.25, 0.3) is 0 Å². The summed E-state index contributed by atoms with van der Waals surface area (Å²) in [6, 6.07) is 5.72. The second-order valence-corrected chi connectivity index (χ2v) is 6.69. The van der Waals surface area contributed by atoms with E-state index in [-0.39, 0.29) is 17.4 Å². The molecule has 1 saturated carbocycles. The van der Waals surface area contributed by atoms with Crippen LogP contribution < -0.4 is 5.32 Å². The van der Waals surface area contributed by atoms with Crippen LogP contribution in [0.5, 0.6) is 0 Å². The maximum Gasteiger partial charge on any atom is 0.416 e. The van der Waals surface area contributed by atoms with Crippen molar-refractivity contribution in [3.8, 4) is 0 Å². The van der Waals surface area contributed by atoms with Crippen molar-refractivity contribution in [3.63, 3.8) is 0 Å². The zero-order chi connectivity index (χ0) is 15.7. The number of hydrogen-bond acceptors (Lipinski definition) is 1. The van der Waals surface area contributed by atoms with Crippen LogP contribution in [0.2, 0.25) is 0 Å². The molecule has 0 aromatic heterocycles. The molecule has 0 saturated heterocycles. The third kappa shape index (κ3) is 3.42. The van der Waals surface area contributed by atoms with E-state index in [0.717, 1.165) is 19.3 Å². The van der Waals surface area contributed by atoms with Gasteiger partial charge in [-0.05, 0) is 42.9 Å². The summed E-state index contributed by atoms with van der Waals surface area (Å²) in [5, 5.41) is 3.16. The summed E-state index contributed by atoms with van der Waals surface area (Å²) >= 11 is 0. The van der Waals surface area contributed by atoms with Crippen molar-refractivity contribution in [1.29, 1.82) is 0 Å². The Labute approximate surface area is 124 Å². The molecule has 2 atom stereocenters. The van der Waals surface area contributed by atoms with Gasteiger partial charge in [0.15, 0.2) is 0 Å². The minimum atomic E-state index is -4.30. The topological polar surface area (TPSA) is 12.0 Å². The number of hydrogen-bond donors (Lipinski definition) is 1. The highest BCUT2D eigenvalue weighted by Crippen LogP contribution is 2.48. The molecule has 0 radical (unpaired) electrons. The molecule has 0 aliphatic heterocycles. The van der Waals surface area contributed by atoms with Crippen molar-refractivity contribution >= 4 is 0 Å². The first kappa shape index (κ1) is 16.3. The van der Waals surface area contributed by atoms with Crippen molar-refractivity contribution < 1.29 is 13.2 Å². The van der Waals surface area contributed by atoms with E-state index in [9.17, 15) is 13.2 Å². The first-order valence-corrected chi connectivity index (χ1v) is 7.61. The first-order valence-electron chi connectivity index (χ1n) is 7.61. The van der Waals surface area contributed by atoms with Crippen molar-refractivity contribution in [2.45, 2.75) is 51.7 Å². The van der Waals surface area contributed by atoms with Crippen LogP contribution in [-0.2, 0) is 6.18 Å². The molecule has 1 aromatic carbocycles. The summed E-state index contributed by atoms with van der Waals surface area (Å²) in [4.78, 5) is 0. The van der Waals surface area contributed by atoms with E-state index < -0.39 is 11.7 Å². The van der Waals surface area contributed by atoms with Gasteiger partial charge in [-0.3, -0.25) is 0 Å². The number of rotatable bonds is 3. The molecule has 1 fully saturated rings. The average molecular weight is 299 g/mol. The Bertz CT molecular complexity index is 479. The molecule has 1 aliphatic carbocycles. The zero-order valence-corrected chi connectivity index (χ0v) is 12.9. The van der Waals surface area contributed by atoms with Crippen molar-refractivity contribution in [1.82, 2.24) is 5.32 Å². The second-order valence-electron chi connectivity index (χ2n) is 6.69. The Kier molecular flexibility index (Phi) is 4.66. The summed E-state index contributed by atoms with van der Waals surface area (Å²) in [7, 11) is 1.77. The number of nitrogens with one attached hydrogen (secondary N) is 1. The van der Waals surface area contributed by atoms with Crippen LogP contribution in [0, 0.1) is 11.3 Å². The van der Waals surface area contributed by atoms with Gasteiger partial charge < -0.3 is 5.32 Å². The van der Waals surface area contributed by atoms with Crippen molar-refractivity contribution in [2.24, 2.45) is 11.3 Å². The van der Waals surface area contributed by atoms with Crippen LogP contribution >= 0.6 is 0 Å². The minimum Gasteiger partial charge on any atom is -0.313 e. The Morgan fingerprint density at radius 1 is 1.19 bits per heavy atom. The summed E-state index contributed by atoms with van der Waals surface area (Å²) in [6.45, 7) is 4.36. The van der Waals surface area contributed by atoms with E-state index in [1.54, 1.807) is 19.2 Å². The molecule has 118 valence electrons. The largest absolute Gasteiger partial charge is 0.416 e. The molecule has 1 aromatic rings. The Balaban J connectivity index is 2.42. The molecule has 21 heavy (non-hydrogen) atoms. The van der Waals surface area contributed by atoms with Crippen LogP contribution in [0.1, 0.15) is 56.7 Å². The van der Waals surface area contributed by atoms with Gasteiger partial charge >= 0.3 is 6.18 Å². The van der Waals surface area contributed by atoms with Gasteiger partial charge in [-0.2, -0.15) is 13.2 Å². The Morgan fingerprint density at radius 3 is 2.43 bits per heavy atom. The lowest BCUT2D eigenvalue weighted by Crippen LogP contribution is -2.38. The van der Waals surface area contributed by atoms with Gasteiger partial charge in [0, 0.05) is 6.04 Å². The van der Waals surface area contributed by atoms with Gasteiger partial charge in [-0.15, -0.1) is 0 Å². The molecule has 0 spiro atoms. The number of alkyl halides is 3.